The second kappa shape index (κ2) is 6.43. The zero-order valence-electron chi connectivity index (χ0n) is 12.6. The van der Waals surface area contributed by atoms with Crippen molar-refractivity contribution in [3.05, 3.63) is 66.4 Å². The van der Waals surface area contributed by atoms with Gasteiger partial charge in [0, 0.05) is 11.9 Å². The van der Waals surface area contributed by atoms with Crippen molar-refractivity contribution in [2.75, 3.05) is 6.54 Å². The first-order chi connectivity index (χ1) is 10.7. The van der Waals surface area contributed by atoms with E-state index in [0.29, 0.717) is 12.5 Å². The van der Waals surface area contributed by atoms with E-state index in [2.05, 4.69) is 29.5 Å². The molecule has 1 heterocycles. The van der Waals surface area contributed by atoms with E-state index in [1.165, 1.54) is 5.56 Å². The third kappa shape index (κ3) is 3.17. The van der Waals surface area contributed by atoms with Crippen LogP contribution in [0.2, 0.25) is 0 Å². The number of fused-ring (bicyclic) bond motifs is 1. The number of hydrogen-bond donors (Lipinski definition) is 1. The van der Waals surface area contributed by atoms with Crippen LogP contribution in [0.4, 0.5) is 0 Å². The molecular formula is C18H19N3O. The minimum Gasteiger partial charge on any atom is -0.354 e. The van der Waals surface area contributed by atoms with Gasteiger partial charge in [-0.15, -0.1) is 0 Å². The molecule has 1 amide bonds. The van der Waals surface area contributed by atoms with Gasteiger partial charge in [0.2, 0.25) is 5.91 Å². The number of amides is 1. The van der Waals surface area contributed by atoms with E-state index in [0.717, 1.165) is 10.9 Å². The molecule has 1 aromatic heterocycles. The largest absolute Gasteiger partial charge is 0.354 e. The summed E-state index contributed by atoms with van der Waals surface area (Å²) in [7, 11) is 0. The van der Waals surface area contributed by atoms with Crippen LogP contribution in [0.15, 0.2) is 60.8 Å². The summed E-state index contributed by atoms with van der Waals surface area (Å²) in [6.07, 6.45) is 1.79. The van der Waals surface area contributed by atoms with Gasteiger partial charge in [0.15, 0.2) is 0 Å². The van der Waals surface area contributed by atoms with Gasteiger partial charge in [-0.1, -0.05) is 55.5 Å². The van der Waals surface area contributed by atoms with Gasteiger partial charge in [-0.25, -0.2) is 0 Å². The van der Waals surface area contributed by atoms with Crippen LogP contribution in [0.1, 0.15) is 18.4 Å². The zero-order chi connectivity index (χ0) is 15.4. The molecule has 0 saturated heterocycles. The maximum Gasteiger partial charge on any atom is 0.241 e. The molecule has 4 heteroatoms. The Balaban J connectivity index is 1.59. The van der Waals surface area contributed by atoms with E-state index in [4.69, 9.17) is 0 Å². The molecule has 1 N–H and O–H groups in total. The van der Waals surface area contributed by atoms with Gasteiger partial charge < -0.3 is 5.32 Å². The lowest BCUT2D eigenvalue weighted by Crippen LogP contribution is -2.31. The Morgan fingerprint density at radius 2 is 1.86 bits per heavy atom. The number of nitrogens with one attached hydrogen (secondary N) is 1. The van der Waals surface area contributed by atoms with Gasteiger partial charge in [-0.2, -0.15) is 5.10 Å². The molecule has 1 atom stereocenters. The summed E-state index contributed by atoms with van der Waals surface area (Å²) >= 11 is 0. The van der Waals surface area contributed by atoms with E-state index < -0.39 is 0 Å². The summed E-state index contributed by atoms with van der Waals surface area (Å²) in [6.45, 7) is 2.98. The van der Waals surface area contributed by atoms with E-state index in [1.807, 2.05) is 42.5 Å². The van der Waals surface area contributed by atoms with Gasteiger partial charge >= 0.3 is 0 Å². The molecule has 0 saturated carbocycles. The predicted octanol–water partition coefficient (Wildman–Crippen LogP) is 2.96. The topological polar surface area (TPSA) is 46.9 Å². The van der Waals surface area contributed by atoms with Crippen LogP contribution in [0, 0.1) is 0 Å². The van der Waals surface area contributed by atoms with Crippen LogP contribution in [0.5, 0.6) is 0 Å². The molecule has 0 aliphatic rings. The molecular weight excluding hydrogens is 274 g/mol. The molecule has 1 unspecified atom stereocenters. The molecule has 0 fully saturated rings. The maximum atomic E-state index is 12.1. The fourth-order valence-electron chi connectivity index (χ4n) is 2.51. The SMILES string of the molecule is CC(CNC(=O)Cn1ncc2ccccc21)c1ccccc1. The molecule has 2 aromatic carbocycles. The molecule has 3 aromatic rings. The van der Waals surface area contributed by atoms with Crippen molar-refractivity contribution in [3.63, 3.8) is 0 Å². The monoisotopic (exact) mass is 293 g/mol. The highest BCUT2D eigenvalue weighted by Crippen LogP contribution is 2.14. The molecule has 0 bridgehead atoms. The number of carbonyl (C=O) groups is 1. The van der Waals surface area contributed by atoms with E-state index in [-0.39, 0.29) is 12.5 Å². The Labute approximate surface area is 129 Å². The molecule has 0 aliphatic heterocycles. The Morgan fingerprint density at radius 1 is 1.14 bits per heavy atom. The van der Waals surface area contributed by atoms with Crippen molar-refractivity contribution in [3.8, 4) is 0 Å². The number of rotatable bonds is 5. The second-order valence-electron chi connectivity index (χ2n) is 5.48. The number of nitrogens with zero attached hydrogens (tertiary/aromatic N) is 2. The zero-order valence-corrected chi connectivity index (χ0v) is 12.6. The van der Waals surface area contributed by atoms with Gasteiger partial charge in [0.25, 0.3) is 0 Å². The average Bonchev–Trinajstić information content (AvgIpc) is 2.97. The Hall–Kier alpha value is -2.62. The molecule has 112 valence electrons. The normalized spacial score (nSPS) is 12.2. The number of benzene rings is 2. The summed E-state index contributed by atoms with van der Waals surface area (Å²) in [5, 5.41) is 8.31. The first-order valence-electron chi connectivity index (χ1n) is 7.46. The fraction of sp³-hybridized carbons (Fsp3) is 0.222. The van der Waals surface area contributed by atoms with Crippen LogP contribution < -0.4 is 5.32 Å². The number of carbonyl (C=O) groups excluding carboxylic acids is 1. The quantitative estimate of drug-likeness (QED) is 0.786. The molecule has 4 nitrogen and oxygen atoms in total. The fourth-order valence-corrected chi connectivity index (χ4v) is 2.51. The van der Waals surface area contributed by atoms with Crippen molar-refractivity contribution in [1.29, 1.82) is 0 Å². The van der Waals surface area contributed by atoms with Crippen molar-refractivity contribution in [1.82, 2.24) is 15.1 Å². The summed E-state index contributed by atoms with van der Waals surface area (Å²) in [4.78, 5) is 12.1. The standard InChI is InChI=1S/C18H19N3O/c1-14(15-7-3-2-4-8-15)11-19-18(22)13-21-17-10-6-5-9-16(17)12-20-21/h2-10,12,14H,11,13H2,1H3,(H,19,22). The van der Waals surface area contributed by atoms with Crippen LogP contribution >= 0.6 is 0 Å². The van der Waals surface area contributed by atoms with Crippen LogP contribution in [0.3, 0.4) is 0 Å². The minimum absolute atomic E-state index is 0.0170. The smallest absolute Gasteiger partial charge is 0.241 e. The Kier molecular flexibility index (Phi) is 4.19. The lowest BCUT2D eigenvalue weighted by molar-refractivity contribution is -0.121. The first-order valence-corrected chi connectivity index (χ1v) is 7.46. The summed E-state index contributed by atoms with van der Waals surface area (Å²) in [5.74, 6) is 0.274. The van der Waals surface area contributed by atoms with E-state index in [1.54, 1.807) is 10.9 Å². The van der Waals surface area contributed by atoms with Crippen molar-refractivity contribution in [2.24, 2.45) is 0 Å². The third-order valence-electron chi connectivity index (χ3n) is 3.82. The van der Waals surface area contributed by atoms with Crippen LogP contribution in [-0.2, 0) is 11.3 Å². The maximum absolute atomic E-state index is 12.1. The Morgan fingerprint density at radius 3 is 2.68 bits per heavy atom. The van der Waals surface area contributed by atoms with Gasteiger partial charge in [0.05, 0.1) is 11.7 Å². The predicted molar refractivity (Wildman–Crippen MR) is 87.6 cm³/mol. The van der Waals surface area contributed by atoms with Crippen LogP contribution in [0.25, 0.3) is 10.9 Å². The number of aromatic nitrogens is 2. The second-order valence-corrected chi connectivity index (χ2v) is 5.48. The summed E-state index contributed by atoms with van der Waals surface area (Å²) in [6, 6.07) is 18.1. The first kappa shape index (κ1) is 14.3. The average molecular weight is 293 g/mol. The summed E-state index contributed by atoms with van der Waals surface area (Å²) in [5.41, 5.74) is 2.21. The van der Waals surface area contributed by atoms with Crippen LogP contribution in [-0.4, -0.2) is 22.2 Å². The van der Waals surface area contributed by atoms with Gasteiger partial charge in [-0.05, 0) is 17.5 Å². The van der Waals surface area contributed by atoms with Crippen molar-refractivity contribution >= 4 is 16.8 Å². The highest BCUT2D eigenvalue weighted by molar-refractivity contribution is 5.81. The van der Waals surface area contributed by atoms with Crippen molar-refractivity contribution < 1.29 is 4.79 Å². The number of hydrogen-bond acceptors (Lipinski definition) is 2. The third-order valence-corrected chi connectivity index (χ3v) is 3.82. The molecule has 0 spiro atoms. The van der Waals surface area contributed by atoms with E-state index in [9.17, 15) is 4.79 Å². The molecule has 3 rings (SSSR count). The number of para-hydroxylation sites is 1. The molecule has 0 aliphatic carbocycles. The van der Waals surface area contributed by atoms with Gasteiger partial charge in [0.1, 0.15) is 6.54 Å². The molecule has 22 heavy (non-hydrogen) atoms. The highest BCUT2D eigenvalue weighted by atomic mass is 16.2. The lowest BCUT2D eigenvalue weighted by Gasteiger charge is -2.13. The lowest BCUT2D eigenvalue weighted by atomic mass is 10.0. The van der Waals surface area contributed by atoms with Gasteiger partial charge in [-0.3, -0.25) is 9.48 Å². The van der Waals surface area contributed by atoms with Crippen molar-refractivity contribution in [2.45, 2.75) is 19.4 Å². The Bertz CT molecular complexity index is 764. The highest BCUT2D eigenvalue weighted by Gasteiger charge is 2.10. The summed E-state index contributed by atoms with van der Waals surface area (Å²) < 4.78 is 1.73. The van der Waals surface area contributed by atoms with E-state index >= 15 is 0 Å². The molecule has 0 radical (unpaired) electrons. The minimum atomic E-state index is -0.0170.